The summed E-state index contributed by atoms with van der Waals surface area (Å²) in [5, 5.41) is 30.5. The van der Waals surface area contributed by atoms with E-state index in [1.54, 1.807) is 48.5 Å². The van der Waals surface area contributed by atoms with Gasteiger partial charge in [0.2, 0.25) is 5.13 Å². The number of aromatic hydroxyl groups is 2. The van der Waals surface area contributed by atoms with Crippen LogP contribution < -0.4 is 5.32 Å². The van der Waals surface area contributed by atoms with Crippen molar-refractivity contribution in [2.75, 3.05) is 5.32 Å². The largest absolute Gasteiger partial charge is 0.504 e. The number of allylic oxidation sites excluding steroid dienone is 1. The first-order valence-corrected chi connectivity index (χ1v) is 10.8. The van der Waals surface area contributed by atoms with E-state index in [1.165, 1.54) is 18.2 Å². The lowest BCUT2D eigenvalue weighted by Crippen LogP contribution is -2.11. The minimum Gasteiger partial charge on any atom is -0.504 e. The van der Waals surface area contributed by atoms with Crippen LogP contribution in [0.4, 0.5) is 5.13 Å². The molecule has 0 atom stereocenters. The Morgan fingerprint density at radius 1 is 0.879 bits per heavy atom. The molecule has 0 fully saturated rings. The van der Waals surface area contributed by atoms with E-state index < -0.39 is 0 Å². The zero-order valence-corrected chi connectivity index (χ0v) is 18.3. The van der Waals surface area contributed by atoms with Gasteiger partial charge in [0.15, 0.2) is 17.3 Å². The van der Waals surface area contributed by atoms with Gasteiger partial charge < -0.3 is 10.2 Å². The lowest BCUT2D eigenvalue weighted by Gasteiger charge is -2.02. The van der Waals surface area contributed by atoms with Crippen LogP contribution in [0.25, 0.3) is 16.6 Å². The number of hydrogen-bond acceptors (Lipinski definition) is 7. The molecule has 0 aliphatic rings. The van der Waals surface area contributed by atoms with Crippen LogP contribution in [0.1, 0.15) is 31.8 Å². The summed E-state index contributed by atoms with van der Waals surface area (Å²) in [5.74, 6) is -0.930. The number of aryl methyl sites for hydroxylation is 1. The van der Waals surface area contributed by atoms with Crippen molar-refractivity contribution in [3.8, 4) is 22.1 Å². The highest BCUT2D eigenvalue weighted by Crippen LogP contribution is 2.33. The number of carbonyl (C=O) groups excluding carboxylic acids is 2. The Morgan fingerprint density at radius 3 is 2.27 bits per heavy atom. The standard InChI is InChI=1S/C25H19N3O4S/c1-15-2-7-17(8-3-15)20(29)12-6-16-4-9-18(10-5-16)23(32)26-25-28-27-24(33-25)19-11-13-21(30)22(31)14-19/h2-14,30-31H,1H3,(H,26,28,32)/b12-6+. The maximum atomic E-state index is 12.5. The number of carbonyl (C=O) groups is 2. The van der Waals surface area contributed by atoms with Crippen LogP contribution in [0.15, 0.2) is 72.8 Å². The second kappa shape index (κ2) is 9.46. The number of nitrogens with zero attached hydrogens (tertiary/aromatic N) is 2. The van der Waals surface area contributed by atoms with Crippen LogP contribution in [-0.2, 0) is 0 Å². The highest BCUT2D eigenvalue weighted by atomic mass is 32.1. The molecule has 0 unspecified atom stereocenters. The number of aromatic nitrogens is 2. The number of phenols is 2. The predicted octanol–water partition coefficient (Wildman–Crippen LogP) is 5.07. The molecule has 0 saturated heterocycles. The van der Waals surface area contributed by atoms with Gasteiger partial charge in [-0.3, -0.25) is 14.9 Å². The first kappa shape index (κ1) is 21.9. The number of benzene rings is 3. The van der Waals surface area contributed by atoms with E-state index in [2.05, 4.69) is 15.5 Å². The van der Waals surface area contributed by atoms with E-state index in [-0.39, 0.29) is 23.2 Å². The Kier molecular flexibility index (Phi) is 6.28. The van der Waals surface area contributed by atoms with Crippen LogP contribution in [0.5, 0.6) is 11.5 Å². The molecular formula is C25H19N3O4S. The van der Waals surface area contributed by atoms with Crippen molar-refractivity contribution in [1.82, 2.24) is 10.2 Å². The van der Waals surface area contributed by atoms with Crippen LogP contribution in [0.2, 0.25) is 0 Å². The van der Waals surface area contributed by atoms with Crippen molar-refractivity contribution in [2.24, 2.45) is 0 Å². The summed E-state index contributed by atoms with van der Waals surface area (Å²) >= 11 is 1.14. The molecule has 4 aromatic rings. The maximum Gasteiger partial charge on any atom is 0.257 e. The first-order chi connectivity index (χ1) is 15.9. The summed E-state index contributed by atoms with van der Waals surface area (Å²) in [6.07, 6.45) is 3.21. The fraction of sp³-hybridized carbons (Fsp3) is 0.0400. The van der Waals surface area contributed by atoms with Gasteiger partial charge in [-0.1, -0.05) is 59.4 Å². The molecular weight excluding hydrogens is 438 g/mol. The number of amides is 1. The molecule has 1 heterocycles. The van der Waals surface area contributed by atoms with Gasteiger partial charge in [-0.05, 0) is 48.9 Å². The molecule has 1 aromatic heterocycles. The third kappa shape index (κ3) is 5.31. The third-order valence-electron chi connectivity index (χ3n) is 4.80. The summed E-state index contributed by atoms with van der Waals surface area (Å²) in [6.45, 7) is 1.97. The molecule has 0 aliphatic heterocycles. The van der Waals surface area contributed by atoms with Crippen molar-refractivity contribution in [2.45, 2.75) is 6.92 Å². The topological polar surface area (TPSA) is 112 Å². The van der Waals surface area contributed by atoms with Crippen molar-refractivity contribution >= 4 is 34.2 Å². The van der Waals surface area contributed by atoms with Crippen LogP contribution in [0.3, 0.4) is 0 Å². The molecule has 0 spiro atoms. The zero-order valence-electron chi connectivity index (χ0n) is 17.5. The van der Waals surface area contributed by atoms with Gasteiger partial charge >= 0.3 is 0 Å². The molecule has 8 heteroatoms. The van der Waals surface area contributed by atoms with Crippen molar-refractivity contribution in [3.63, 3.8) is 0 Å². The molecule has 164 valence electrons. The van der Waals surface area contributed by atoms with Gasteiger partial charge in [0.05, 0.1) is 0 Å². The first-order valence-electron chi connectivity index (χ1n) is 9.95. The predicted molar refractivity (Wildman–Crippen MR) is 128 cm³/mol. The molecule has 1 amide bonds. The Hall–Kier alpha value is -4.30. The maximum absolute atomic E-state index is 12.5. The molecule has 3 aromatic carbocycles. The Labute approximate surface area is 193 Å². The molecule has 0 radical (unpaired) electrons. The second-order valence-electron chi connectivity index (χ2n) is 7.26. The molecule has 0 saturated carbocycles. The van der Waals surface area contributed by atoms with E-state index in [9.17, 15) is 19.8 Å². The zero-order chi connectivity index (χ0) is 23.4. The number of hydrogen-bond donors (Lipinski definition) is 3. The van der Waals surface area contributed by atoms with Crippen LogP contribution in [-0.4, -0.2) is 32.1 Å². The lowest BCUT2D eigenvalue weighted by atomic mass is 10.1. The second-order valence-corrected chi connectivity index (χ2v) is 8.23. The van der Waals surface area contributed by atoms with Crippen molar-refractivity contribution in [1.29, 1.82) is 0 Å². The van der Waals surface area contributed by atoms with Gasteiger partial charge in [-0.2, -0.15) is 0 Å². The van der Waals surface area contributed by atoms with Crippen molar-refractivity contribution < 1.29 is 19.8 Å². The SMILES string of the molecule is Cc1ccc(C(=O)/C=C/c2ccc(C(=O)Nc3nnc(-c4ccc(O)c(O)c4)s3)cc2)cc1. The van der Waals surface area contributed by atoms with Gasteiger partial charge in [-0.25, -0.2) is 0 Å². The Bertz CT molecular complexity index is 1340. The molecule has 7 nitrogen and oxygen atoms in total. The van der Waals surface area contributed by atoms with E-state index in [0.29, 0.717) is 26.8 Å². The number of anilines is 1. The third-order valence-corrected chi connectivity index (χ3v) is 5.69. The summed E-state index contributed by atoms with van der Waals surface area (Å²) in [7, 11) is 0. The molecule has 0 aliphatic carbocycles. The van der Waals surface area contributed by atoms with Gasteiger partial charge in [0.25, 0.3) is 5.91 Å². The molecule has 33 heavy (non-hydrogen) atoms. The van der Waals surface area contributed by atoms with Crippen LogP contribution in [0, 0.1) is 6.92 Å². The number of nitrogens with one attached hydrogen (secondary N) is 1. The van der Waals surface area contributed by atoms with Gasteiger partial charge in [-0.15, -0.1) is 10.2 Å². The summed E-state index contributed by atoms with van der Waals surface area (Å²) in [4.78, 5) is 24.8. The van der Waals surface area contributed by atoms with E-state index in [4.69, 9.17) is 0 Å². The van der Waals surface area contributed by atoms with Gasteiger partial charge in [0.1, 0.15) is 5.01 Å². The van der Waals surface area contributed by atoms with E-state index in [1.807, 2.05) is 19.1 Å². The fourth-order valence-electron chi connectivity index (χ4n) is 2.95. The number of phenolic OH excluding ortho intramolecular Hbond substituents is 2. The summed E-state index contributed by atoms with van der Waals surface area (Å²) in [5.41, 5.74) is 3.49. The minimum atomic E-state index is -0.350. The van der Waals surface area contributed by atoms with Gasteiger partial charge in [0, 0.05) is 16.7 Å². The average molecular weight is 458 g/mol. The normalized spacial score (nSPS) is 10.9. The number of rotatable bonds is 6. The van der Waals surface area contributed by atoms with E-state index in [0.717, 1.165) is 22.5 Å². The fourth-order valence-corrected chi connectivity index (χ4v) is 3.68. The Morgan fingerprint density at radius 2 is 1.58 bits per heavy atom. The Balaban J connectivity index is 1.39. The highest BCUT2D eigenvalue weighted by molar-refractivity contribution is 7.18. The van der Waals surface area contributed by atoms with Crippen molar-refractivity contribution in [3.05, 3.63) is 95.1 Å². The van der Waals surface area contributed by atoms with E-state index >= 15 is 0 Å². The highest BCUT2D eigenvalue weighted by Gasteiger charge is 2.12. The number of ketones is 1. The molecule has 0 bridgehead atoms. The molecule has 3 N–H and O–H groups in total. The average Bonchev–Trinajstić information content (AvgIpc) is 3.28. The lowest BCUT2D eigenvalue weighted by molar-refractivity contribution is 0.102. The quantitative estimate of drug-likeness (QED) is 0.212. The monoisotopic (exact) mass is 457 g/mol. The van der Waals surface area contributed by atoms with Crippen LogP contribution >= 0.6 is 11.3 Å². The smallest absolute Gasteiger partial charge is 0.257 e. The summed E-state index contributed by atoms with van der Waals surface area (Å²) in [6, 6.07) is 18.5. The molecule has 4 rings (SSSR count). The minimum absolute atomic E-state index is 0.0918. The summed E-state index contributed by atoms with van der Waals surface area (Å²) < 4.78 is 0.